The van der Waals surface area contributed by atoms with Gasteiger partial charge in [0, 0.05) is 19.6 Å². The zero-order valence-corrected chi connectivity index (χ0v) is 12.8. The number of halogens is 1. The van der Waals surface area contributed by atoms with Gasteiger partial charge in [0.15, 0.2) is 0 Å². The van der Waals surface area contributed by atoms with Crippen LogP contribution in [0.3, 0.4) is 0 Å². The molecule has 4 nitrogen and oxygen atoms in total. The summed E-state index contributed by atoms with van der Waals surface area (Å²) in [4.78, 5) is 2.32. The van der Waals surface area contributed by atoms with E-state index < -0.39 is 0 Å². The van der Waals surface area contributed by atoms with Gasteiger partial charge in [0.2, 0.25) is 0 Å². The maximum absolute atomic E-state index is 9.73. The highest BCUT2D eigenvalue weighted by Crippen LogP contribution is 2.24. The summed E-state index contributed by atoms with van der Waals surface area (Å²) in [5.41, 5.74) is 2.37. The molecule has 18 heavy (non-hydrogen) atoms. The fraction of sp³-hybridized carbons (Fsp3) is 0.769. The van der Waals surface area contributed by atoms with Crippen molar-refractivity contribution in [2.75, 3.05) is 13.1 Å². The van der Waals surface area contributed by atoms with Gasteiger partial charge in [-0.3, -0.25) is 9.58 Å². The van der Waals surface area contributed by atoms with Crippen molar-refractivity contribution < 1.29 is 5.11 Å². The van der Waals surface area contributed by atoms with Crippen LogP contribution in [0.5, 0.6) is 0 Å². The highest BCUT2D eigenvalue weighted by molar-refractivity contribution is 9.10. The van der Waals surface area contributed by atoms with Gasteiger partial charge in [-0.15, -0.1) is 0 Å². The standard InChI is InChI=1S/C13H22BrN3O/c1-3-11-13(14)12(17(4-2)15-11)9-16-7-5-6-10(18)8-16/h10,18H,3-9H2,1-2H3. The number of aliphatic hydroxyl groups is 1. The number of nitrogens with zero attached hydrogens (tertiary/aromatic N) is 3. The molecular weight excluding hydrogens is 294 g/mol. The number of hydrogen-bond donors (Lipinski definition) is 1. The molecule has 0 spiro atoms. The Hall–Kier alpha value is -0.390. The number of piperidine rings is 1. The third-order valence-electron chi connectivity index (χ3n) is 3.55. The van der Waals surface area contributed by atoms with Gasteiger partial charge in [0.25, 0.3) is 0 Å². The number of β-amino-alcohol motifs (C(OH)–C–C–N with tert-alkyl or cyclic N) is 1. The zero-order chi connectivity index (χ0) is 13.1. The molecule has 0 aromatic carbocycles. The molecule has 1 saturated heterocycles. The van der Waals surface area contributed by atoms with E-state index in [1.54, 1.807) is 0 Å². The van der Waals surface area contributed by atoms with Crippen molar-refractivity contribution in [2.24, 2.45) is 0 Å². The number of likely N-dealkylation sites (tertiary alicyclic amines) is 1. The number of rotatable bonds is 4. The number of aliphatic hydroxyl groups excluding tert-OH is 1. The Labute approximate surface area is 117 Å². The van der Waals surface area contributed by atoms with E-state index in [2.05, 4.69) is 44.5 Å². The van der Waals surface area contributed by atoms with Gasteiger partial charge in [0.1, 0.15) is 0 Å². The first-order chi connectivity index (χ1) is 8.65. The average Bonchev–Trinajstić information content (AvgIpc) is 2.66. The molecule has 102 valence electrons. The van der Waals surface area contributed by atoms with Crippen molar-refractivity contribution in [2.45, 2.75) is 52.3 Å². The summed E-state index contributed by atoms with van der Waals surface area (Å²) in [5.74, 6) is 0. The van der Waals surface area contributed by atoms with E-state index >= 15 is 0 Å². The minimum Gasteiger partial charge on any atom is -0.392 e. The quantitative estimate of drug-likeness (QED) is 0.926. The van der Waals surface area contributed by atoms with Crippen LogP contribution in [0.15, 0.2) is 4.47 Å². The molecule has 0 saturated carbocycles. The predicted molar refractivity (Wildman–Crippen MR) is 75.5 cm³/mol. The molecule has 1 aliphatic heterocycles. The van der Waals surface area contributed by atoms with Crippen LogP contribution in [0.1, 0.15) is 38.1 Å². The van der Waals surface area contributed by atoms with Crippen LogP contribution in [0, 0.1) is 0 Å². The Morgan fingerprint density at radius 3 is 2.83 bits per heavy atom. The second-order valence-electron chi connectivity index (χ2n) is 4.91. The third-order valence-corrected chi connectivity index (χ3v) is 4.46. The summed E-state index contributed by atoms with van der Waals surface area (Å²) >= 11 is 3.67. The lowest BCUT2D eigenvalue weighted by Gasteiger charge is -2.30. The lowest BCUT2D eigenvalue weighted by Crippen LogP contribution is -2.38. The van der Waals surface area contributed by atoms with Gasteiger partial charge in [-0.25, -0.2) is 0 Å². The van der Waals surface area contributed by atoms with E-state index in [1.807, 2.05) is 0 Å². The maximum atomic E-state index is 9.73. The summed E-state index contributed by atoms with van der Waals surface area (Å²) in [5, 5.41) is 14.3. The van der Waals surface area contributed by atoms with Crippen LogP contribution in [0.4, 0.5) is 0 Å². The summed E-state index contributed by atoms with van der Waals surface area (Å²) in [6.07, 6.45) is 2.80. The topological polar surface area (TPSA) is 41.3 Å². The molecule has 1 aromatic heterocycles. The number of hydrogen-bond acceptors (Lipinski definition) is 3. The van der Waals surface area contributed by atoms with Crippen molar-refractivity contribution in [1.29, 1.82) is 0 Å². The van der Waals surface area contributed by atoms with Gasteiger partial charge >= 0.3 is 0 Å². The van der Waals surface area contributed by atoms with E-state index in [0.717, 1.165) is 55.6 Å². The molecule has 2 heterocycles. The van der Waals surface area contributed by atoms with Crippen molar-refractivity contribution in [3.05, 3.63) is 15.9 Å². The lowest BCUT2D eigenvalue weighted by molar-refractivity contribution is 0.0653. The van der Waals surface area contributed by atoms with Crippen molar-refractivity contribution in [3.8, 4) is 0 Å². The first-order valence-electron chi connectivity index (χ1n) is 6.80. The normalized spacial score (nSPS) is 21.4. The number of aryl methyl sites for hydroxylation is 2. The van der Waals surface area contributed by atoms with Crippen LogP contribution in [0.2, 0.25) is 0 Å². The third kappa shape index (κ3) is 2.95. The van der Waals surface area contributed by atoms with Crippen LogP contribution in [-0.4, -0.2) is 39.0 Å². The molecule has 1 fully saturated rings. The Morgan fingerprint density at radius 1 is 1.44 bits per heavy atom. The molecular formula is C13H22BrN3O. The van der Waals surface area contributed by atoms with Crippen LogP contribution >= 0.6 is 15.9 Å². The van der Waals surface area contributed by atoms with Crippen molar-refractivity contribution in [3.63, 3.8) is 0 Å². The monoisotopic (exact) mass is 315 g/mol. The Morgan fingerprint density at radius 2 is 2.22 bits per heavy atom. The van der Waals surface area contributed by atoms with Crippen molar-refractivity contribution in [1.82, 2.24) is 14.7 Å². The Balaban J connectivity index is 2.14. The second-order valence-corrected chi connectivity index (χ2v) is 5.70. The fourth-order valence-corrected chi connectivity index (χ4v) is 3.24. The molecule has 0 amide bonds. The molecule has 0 aliphatic carbocycles. The fourth-order valence-electron chi connectivity index (χ4n) is 2.55. The van der Waals surface area contributed by atoms with Gasteiger partial charge < -0.3 is 5.11 Å². The summed E-state index contributed by atoms with van der Waals surface area (Å²) in [6.45, 7) is 7.86. The molecule has 5 heteroatoms. The summed E-state index contributed by atoms with van der Waals surface area (Å²) in [7, 11) is 0. The highest BCUT2D eigenvalue weighted by atomic mass is 79.9. The molecule has 1 aliphatic rings. The Kier molecular flexibility index (Phi) is 4.81. The second kappa shape index (κ2) is 6.17. The van der Waals surface area contributed by atoms with Crippen LogP contribution in [0.25, 0.3) is 0 Å². The molecule has 1 atom stereocenters. The SMILES string of the molecule is CCc1nn(CC)c(CN2CCCC(O)C2)c1Br. The summed E-state index contributed by atoms with van der Waals surface area (Å²) in [6, 6.07) is 0. The lowest BCUT2D eigenvalue weighted by atomic mass is 10.1. The minimum atomic E-state index is -0.166. The smallest absolute Gasteiger partial charge is 0.0767 e. The van der Waals surface area contributed by atoms with E-state index in [4.69, 9.17) is 0 Å². The molecule has 1 aromatic rings. The van der Waals surface area contributed by atoms with E-state index in [1.165, 1.54) is 5.69 Å². The first kappa shape index (κ1) is 14.0. The minimum absolute atomic E-state index is 0.166. The number of aromatic nitrogens is 2. The largest absolute Gasteiger partial charge is 0.392 e. The molecule has 1 unspecified atom stereocenters. The molecule has 2 rings (SSSR count). The maximum Gasteiger partial charge on any atom is 0.0767 e. The van der Waals surface area contributed by atoms with Gasteiger partial charge in [-0.05, 0) is 48.7 Å². The molecule has 0 radical (unpaired) electrons. The van der Waals surface area contributed by atoms with Gasteiger partial charge in [-0.2, -0.15) is 5.10 Å². The summed E-state index contributed by atoms with van der Waals surface area (Å²) < 4.78 is 3.22. The van der Waals surface area contributed by atoms with Gasteiger partial charge in [0.05, 0.1) is 22.0 Å². The zero-order valence-electron chi connectivity index (χ0n) is 11.2. The molecule has 1 N–H and O–H groups in total. The van der Waals surface area contributed by atoms with Crippen LogP contribution < -0.4 is 0 Å². The first-order valence-corrected chi connectivity index (χ1v) is 7.59. The van der Waals surface area contributed by atoms with E-state index in [-0.39, 0.29) is 6.10 Å². The predicted octanol–water partition coefficient (Wildman–Crippen LogP) is 2.18. The Bertz CT molecular complexity index is 405. The molecule has 0 bridgehead atoms. The van der Waals surface area contributed by atoms with Crippen LogP contribution in [-0.2, 0) is 19.5 Å². The average molecular weight is 316 g/mol. The van der Waals surface area contributed by atoms with Crippen molar-refractivity contribution >= 4 is 15.9 Å². The highest BCUT2D eigenvalue weighted by Gasteiger charge is 2.21. The van der Waals surface area contributed by atoms with E-state index in [9.17, 15) is 5.11 Å². The van der Waals surface area contributed by atoms with Gasteiger partial charge in [-0.1, -0.05) is 6.92 Å². The van der Waals surface area contributed by atoms with E-state index in [0.29, 0.717) is 0 Å².